The van der Waals surface area contributed by atoms with Crippen LogP contribution in [0.4, 0.5) is 0 Å². The first kappa shape index (κ1) is 16.2. The maximum absolute atomic E-state index is 12.5. The van der Waals surface area contributed by atoms with Gasteiger partial charge in [-0.15, -0.1) is 0 Å². The molecule has 0 unspecified atom stereocenters. The molecule has 1 rings (SSSR count). The van der Waals surface area contributed by atoms with Gasteiger partial charge in [0.05, 0.1) is 0 Å². The van der Waals surface area contributed by atoms with Crippen LogP contribution in [0.2, 0.25) is 0 Å². The molecule has 1 heterocycles. The Kier molecular flexibility index (Phi) is 5.30. The molecule has 0 aromatic rings. The highest BCUT2D eigenvalue weighted by molar-refractivity contribution is 5.94. The number of rotatable bonds is 5. The first-order valence-corrected chi connectivity index (χ1v) is 6.73. The Morgan fingerprint density at radius 2 is 2.00 bits per heavy atom. The van der Waals surface area contributed by atoms with Crippen LogP contribution in [0.3, 0.4) is 0 Å². The minimum atomic E-state index is -1.03. The predicted octanol–water partition coefficient (Wildman–Crippen LogP) is 0.731. The molecule has 1 aliphatic heterocycles. The summed E-state index contributed by atoms with van der Waals surface area (Å²) in [4.78, 5) is 38.2. The van der Waals surface area contributed by atoms with Gasteiger partial charge in [-0.1, -0.05) is 20.4 Å². The van der Waals surface area contributed by atoms with Gasteiger partial charge in [0.25, 0.3) is 0 Å². The van der Waals surface area contributed by atoms with Gasteiger partial charge in [-0.25, -0.2) is 4.79 Å². The van der Waals surface area contributed by atoms with Crippen molar-refractivity contribution in [2.24, 2.45) is 5.92 Å². The molecule has 0 aliphatic carbocycles. The third-order valence-electron chi connectivity index (χ3n) is 3.64. The van der Waals surface area contributed by atoms with Crippen molar-refractivity contribution >= 4 is 17.8 Å². The van der Waals surface area contributed by atoms with Gasteiger partial charge in [-0.05, 0) is 24.8 Å². The Morgan fingerprint density at radius 3 is 2.45 bits per heavy atom. The van der Waals surface area contributed by atoms with Crippen LogP contribution in [-0.4, -0.2) is 58.4 Å². The second kappa shape index (κ2) is 6.54. The van der Waals surface area contributed by atoms with Crippen LogP contribution in [0.15, 0.2) is 12.7 Å². The second-order valence-corrected chi connectivity index (χ2v) is 5.37. The Bertz CT molecular complexity index is 419. The van der Waals surface area contributed by atoms with E-state index in [0.717, 1.165) is 6.42 Å². The normalized spacial score (nSPS) is 19.8. The fourth-order valence-electron chi connectivity index (χ4n) is 2.67. The highest BCUT2D eigenvalue weighted by atomic mass is 16.4. The number of likely N-dealkylation sites (N-methyl/N-ethyl adjacent to an activating group) is 1. The molecule has 0 spiro atoms. The molecule has 20 heavy (non-hydrogen) atoms. The summed E-state index contributed by atoms with van der Waals surface area (Å²) in [6, 6.07) is -1.46. The van der Waals surface area contributed by atoms with E-state index in [4.69, 9.17) is 0 Å². The zero-order chi connectivity index (χ0) is 15.4. The molecule has 0 aromatic heterocycles. The molecule has 1 fully saturated rings. The lowest BCUT2D eigenvalue weighted by molar-refractivity contribution is -0.153. The molecular formula is C14H22N2O4. The van der Waals surface area contributed by atoms with Crippen LogP contribution in [0.25, 0.3) is 0 Å². The number of carbonyl (C=O) groups excluding carboxylic acids is 2. The first-order chi connectivity index (χ1) is 9.31. The van der Waals surface area contributed by atoms with Crippen LogP contribution < -0.4 is 0 Å². The molecule has 1 aliphatic rings. The number of carboxylic acid groups (broad SMARTS) is 1. The first-order valence-electron chi connectivity index (χ1n) is 6.73. The lowest BCUT2D eigenvalue weighted by Gasteiger charge is -2.32. The number of hydrogen-bond donors (Lipinski definition) is 1. The molecular weight excluding hydrogens is 260 g/mol. The van der Waals surface area contributed by atoms with E-state index in [1.165, 1.54) is 22.9 Å². The largest absolute Gasteiger partial charge is 0.480 e. The maximum atomic E-state index is 12.5. The molecule has 0 saturated carbocycles. The lowest BCUT2D eigenvalue weighted by Crippen LogP contribution is -2.53. The fourth-order valence-corrected chi connectivity index (χ4v) is 2.67. The fraction of sp³-hybridized carbons (Fsp3) is 0.643. The van der Waals surface area contributed by atoms with Gasteiger partial charge in [-0.2, -0.15) is 0 Å². The standard InChI is InChI=1S/C14H22N2O4/c1-5-11(17)16-8-6-7-10(16)13(18)15(4)12(9(2)3)14(19)20/h5,9-10,12H,1,6-8H2,2-4H3,(H,19,20)/t10-,12-/m0/s1. The Hall–Kier alpha value is -1.85. The highest BCUT2D eigenvalue weighted by Crippen LogP contribution is 2.21. The summed E-state index contributed by atoms with van der Waals surface area (Å²) in [5.41, 5.74) is 0. The minimum Gasteiger partial charge on any atom is -0.480 e. The van der Waals surface area contributed by atoms with Crippen LogP contribution in [0, 0.1) is 5.92 Å². The van der Waals surface area contributed by atoms with Crippen LogP contribution in [0.5, 0.6) is 0 Å². The summed E-state index contributed by atoms with van der Waals surface area (Å²) < 4.78 is 0. The molecule has 2 amide bonds. The van der Waals surface area contributed by atoms with Gasteiger partial charge in [0.1, 0.15) is 12.1 Å². The van der Waals surface area contributed by atoms with Gasteiger partial charge < -0.3 is 14.9 Å². The molecule has 112 valence electrons. The number of aliphatic carboxylic acids is 1. The monoisotopic (exact) mass is 282 g/mol. The quantitative estimate of drug-likeness (QED) is 0.754. The third kappa shape index (κ3) is 3.18. The third-order valence-corrected chi connectivity index (χ3v) is 3.64. The van der Waals surface area contributed by atoms with Crippen LogP contribution in [-0.2, 0) is 14.4 Å². The SMILES string of the molecule is C=CC(=O)N1CCC[C@H]1C(=O)N(C)[C@H](C(=O)O)C(C)C. The van der Waals surface area contributed by atoms with Gasteiger partial charge in [0.15, 0.2) is 0 Å². The summed E-state index contributed by atoms with van der Waals surface area (Å²) >= 11 is 0. The zero-order valence-corrected chi connectivity index (χ0v) is 12.2. The topological polar surface area (TPSA) is 77.9 Å². The average molecular weight is 282 g/mol. The van der Waals surface area contributed by atoms with Gasteiger partial charge >= 0.3 is 5.97 Å². The van der Waals surface area contributed by atoms with Crippen molar-refractivity contribution in [3.63, 3.8) is 0 Å². The van der Waals surface area contributed by atoms with E-state index >= 15 is 0 Å². The molecule has 2 atom stereocenters. The van der Waals surface area contributed by atoms with Gasteiger partial charge in [0, 0.05) is 13.6 Å². The summed E-state index contributed by atoms with van der Waals surface area (Å²) in [6.45, 7) is 7.44. The number of likely N-dealkylation sites (tertiary alicyclic amines) is 1. The van der Waals surface area contributed by atoms with Gasteiger partial charge in [-0.3, -0.25) is 9.59 Å². The molecule has 0 bridgehead atoms. The van der Waals surface area contributed by atoms with Gasteiger partial charge in [0.2, 0.25) is 11.8 Å². The van der Waals surface area contributed by atoms with E-state index in [1.807, 2.05) is 0 Å². The van der Waals surface area contributed by atoms with E-state index in [2.05, 4.69) is 6.58 Å². The van der Waals surface area contributed by atoms with E-state index in [9.17, 15) is 19.5 Å². The van der Waals surface area contributed by atoms with Crippen LogP contribution >= 0.6 is 0 Å². The molecule has 1 N–H and O–H groups in total. The number of carbonyl (C=O) groups is 3. The van der Waals surface area contributed by atoms with E-state index in [0.29, 0.717) is 13.0 Å². The molecule has 6 heteroatoms. The number of carboxylic acids is 1. The molecule has 0 radical (unpaired) electrons. The number of amides is 2. The zero-order valence-electron chi connectivity index (χ0n) is 12.2. The van der Waals surface area contributed by atoms with Crippen molar-refractivity contribution in [3.05, 3.63) is 12.7 Å². The Morgan fingerprint density at radius 1 is 1.40 bits per heavy atom. The second-order valence-electron chi connectivity index (χ2n) is 5.37. The minimum absolute atomic E-state index is 0.202. The molecule has 6 nitrogen and oxygen atoms in total. The Balaban J connectivity index is 2.90. The smallest absolute Gasteiger partial charge is 0.326 e. The average Bonchev–Trinajstić information content (AvgIpc) is 2.84. The molecule has 1 saturated heterocycles. The Labute approximate surface area is 119 Å². The molecule has 0 aromatic carbocycles. The highest BCUT2D eigenvalue weighted by Gasteiger charge is 2.38. The van der Waals surface area contributed by atoms with Crippen molar-refractivity contribution in [1.29, 1.82) is 0 Å². The number of nitrogens with zero attached hydrogens (tertiary/aromatic N) is 2. The number of hydrogen-bond acceptors (Lipinski definition) is 3. The predicted molar refractivity (Wildman–Crippen MR) is 74.0 cm³/mol. The van der Waals surface area contributed by atoms with E-state index < -0.39 is 18.1 Å². The van der Waals surface area contributed by atoms with Crippen molar-refractivity contribution in [2.45, 2.75) is 38.8 Å². The van der Waals surface area contributed by atoms with Crippen LogP contribution in [0.1, 0.15) is 26.7 Å². The summed E-state index contributed by atoms with van der Waals surface area (Å²) in [7, 11) is 1.48. The van der Waals surface area contributed by atoms with Crippen molar-refractivity contribution in [1.82, 2.24) is 9.80 Å². The summed E-state index contributed by atoms with van der Waals surface area (Å²) in [5, 5.41) is 9.24. The summed E-state index contributed by atoms with van der Waals surface area (Å²) in [5.74, 6) is -1.84. The lowest BCUT2D eigenvalue weighted by atomic mass is 10.0. The van der Waals surface area contributed by atoms with E-state index in [1.54, 1.807) is 13.8 Å². The van der Waals surface area contributed by atoms with Crippen molar-refractivity contribution in [2.75, 3.05) is 13.6 Å². The van der Waals surface area contributed by atoms with Crippen molar-refractivity contribution in [3.8, 4) is 0 Å². The summed E-state index contributed by atoms with van der Waals surface area (Å²) in [6.07, 6.45) is 2.49. The van der Waals surface area contributed by atoms with Crippen molar-refractivity contribution < 1.29 is 19.5 Å². The van der Waals surface area contributed by atoms with E-state index in [-0.39, 0.29) is 17.7 Å². The maximum Gasteiger partial charge on any atom is 0.326 e.